The lowest BCUT2D eigenvalue weighted by Crippen LogP contribution is -2.44. The fourth-order valence-electron chi connectivity index (χ4n) is 2.34. The molecule has 1 amide bonds. The molecule has 17 heavy (non-hydrogen) atoms. The maximum absolute atomic E-state index is 13.0. The van der Waals surface area contributed by atoms with E-state index in [1.165, 1.54) is 4.90 Å². The molecule has 2 fully saturated rings. The van der Waals surface area contributed by atoms with Crippen molar-refractivity contribution in [3.63, 3.8) is 0 Å². The first kappa shape index (κ1) is 12.7. The summed E-state index contributed by atoms with van der Waals surface area (Å²) < 4.78 is 31.3. The molecule has 0 spiro atoms. The summed E-state index contributed by atoms with van der Waals surface area (Å²) in [4.78, 5) is 13.4. The summed E-state index contributed by atoms with van der Waals surface area (Å²) in [6.07, 6.45) is 1.60. The number of amides is 1. The van der Waals surface area contributed by atoms with E-state index >= 15 is 0 Å². The van der Waals surface area contributed by atoms with E-state index in [1.807, 2.05) is 0 Å². The highest BCUT2D eigenvalue weighted by Crippen LogP contribution is 2.26. The van der Waals surface area contributed by atoms with Crippen molar-refractivity contribution in [2.45, 2.75) is 37.3 Å². The third-order valence-electron chi connectivity index (χ3n) is 3.29. The predicted molar refractivity (Wildman–Crippen MR) is 58.0 cm³/mol. The molecule has 2 atom stereocenters. The normalized spacial score (nSPS) is 31.7. The largest absolute Gasteiger partial charge is 0.376 e. The number of carbonyl (C=O) groups is 1. The molecule has 0 aliphatic carbocycles. The number of nitrogens with zero attached hydrogens (tertiary/aromatic N) is 1. The average Bonchev–Trinajstić information content (AvgIpc) is 2.86. The smallest absolute Gasteiger partial charge is 0.262 e. The first-order chi connectivity index (χ1) is 7.98. The second kappa shape index (κ2) is 4.86. The van der Waals surface area contributed by atoms with Crippen LogP contribution in [0.4, 0.5) is 8.78 Å². The Morgan fingerprint density at radius 2 is 2.35 bits per heavy atom. The van der Waals surface area contributed by atoms with Crippen LogP contribution in [0.3, 0.4) is 0 Å². The number of halogens is 2. The van der Waals surface area contributed by atoms with Gasteiger partial charge in [0.15, 0.2) is 0 Å². The maximum atomic E-state index is 13.0. The van der Waals surface area contributed by atoms with E-state index in [4.69, 9.17) is 4.74 Å². The van der Waals surface area contributed by atoms with E-state index in [1.54, 1.807) is 7.05 Å². The third-order valence-corrected chi connectivity index (χ3v) is 3.29. The van der Waals surface area contributed by atoms with Gasteiger partial charge in [-0.25, -0.2) is 8.78 Å². The van der Waals surface area contributed by atoms with Gasteiger partial charge in [0.2, 0.25) is 5.91 Å². The van der Waals surface area contributed by atoms with E-state index in [2.05, 4.69) is 5.32 Å². The first-order valence-corrected chi connectivity index (χ1v) is 5.96. The number of rotatable bonds is 3. The fourth-order valence-corrected chi connectivity index (χ4v) is 2.34. The van der Waals surface area contributed by atoms with Gasteiger partial charge in [-0.15, -0.1) is 0 Å². The van der Waals surface area contributed by atoms with Crippen LogP contribution in [-0.2, 0) is 9.53 Å². The Morgan fingerprint density at radius 3 is 2.88 bits per heavy atom. The van der Waals surface area contributed by atoms with Gasteiger partial charge in [0.05, 0.1) is 18.7 Å². The van der Waals surface area contributed by atoms with Crippen LogP contribution < -0.4 is 5.32 Å². The molecule has 2 aliphatic rings. The number of alkyl halides is 2. The molecule has 0 aromatic heterocycles. The predicted octanol–water partition coefficient (Wildman–Crippen LogP) is 0.621. The highest BCUT2D eigenvalue weighted by Gasteiger charge is 2.43. The summed E-state index contributed by atoms with van der Waals surface area (Å²) in [5, 5.41) is 2.57. The second-order valence-electron chi connectivity index (χ2n) is 4.85. The average molecular weight is 248 g/mol. The Kier molecular flexibility index (Phi) is 3.63. The highest BCUT2D eigenvalue weighted by atomic mass is 19.3. The SMILES string of the molecule is CN(CC1CCCO1)C(=O)C1CC(F)(F)CN1. The molecule has 0 saturated carbocycles. The van der Waals surface area contributed by atoms with Crippen molar-refractivity contribution in [2.24, 2.45) is 0 Å². The van der Waals surface area contributed by atoms with Crippen molar-refractivity contribution in [1.82, 2.24) is 10.2 Å². The lowest BCUT2D eigenvalue weighted by atomic mass is 10.1. The van der Waals surface area contributed by atoms with Crippen LogP contribution in [0.5, 0.6) is 0 Å². The van der Waals surface area contributed by atoms with Gasteiger partial charge in [-0.2, -0.15) is 0 Å². The Bertz CT molecular complexity index is 293. The van der Waals surface area contributed by atoms with Crippen molar-refractivity contribution < 1.29 is 18.3 Å². The Balaban J connectivity index is 1.82. The monoisotopic (exact) mass is 248 g/mol. The molecule has 0 radical (unpaired) electrons. The van der Waals surface area contributed by atoms with Gasteiger partial charge in [0.25, 0.3) is 5.92 Å². The molecular formula is C11H18F2N2O2. The summed E-state index contributed by atoms with van der Waals surface area (Å²) in [6, 6.07) is -0.753. The fraction of sp³-hybridized carbons (Fsp3) is 0.909. The minimum absolute atomic E-state index is 0.0610. The van der Waals surface area contributed by atoms with E-state index in [-0.39, 0.29) is 12.0 Å². The zero-order valence-corrected chi connectivity index (χ0v) is 9.92. The number of ether oxygens (including phenoxy) is 1. The van der Waals surface area contributed by atoms with E-state index in [0.29, 0.717) is 6.54 Å². The summed E-state index contributed by atoms with van der Waals surface area (Å²) in [7, 11) is 1.64. The zero-order chi connectivity index (χ0) is 12.5. The van der Waals surface area contributed by atoms with Crippen LogP contribution in [-0.4, -0.2) is 55.6 Å². The van der Waals surface area contributed by atoms with Crippen molar-refractivity contribution in [3.8, 4) is 0 Å². The molecule has 2 heterocycles. The molecule has 2 saturated heterocycles. The van der Waals surface area contributed by atoms with Gasteiger partial charge in [-0.05, 0) is 12.8 Å². The highest BCUT2D eigenvalue weighted by molar-refractivity contribution is 5.82. The van der Waals surface area contributed by atoms with Gasteiger partial charge in [-0.1, -0.05) is 0 Å². The molecule has 4 nitrogen and oxygen atoms in total. The lowest BCUT2D eigenvalue weighted by Gasteiger charge is -2.23. The maximum Gasteiger partial charge on any atom is 0.262 e. The van der Waals surface area contributed by atoms with Crippen molar-refractivity contribution in [2.75, 3.05) is 26.7 Å². The van der Waals surface area contributed by atoms with E-state index < -0.39 is 24.9 Å². The molecule has 0 aromatic rings. The molecular weight excluding hydrogens is 230 g/mol. The summed E-state index contributed by atoms with van der Waals surface area (Å²) in [5.74, 6) is -3.02. The number of likely N-dealkylation sites (N-methyl/N-ethyl adjacent to an activating group) is 1. The summed E-state index contributed by atoms with van der Waals surface area (Å²) in [6.45, 7) is 0.812. The van der Waals surface area contributed by atoms with Crippen LogP contribution in [0, 0.1) is 0 Å². The van der Waals surface area contributed by atoms with E-state index in [0.717, 1.165) is 19.4 Å². The van der Waals surface area contributed by atoms with E-state index in [9.17, 15) is 13.6 Å². The van der Waals surface area contributed by atoms with Gasteiger partial charge >= 0.3 is 0 Å². The quantitative estimate of drug-likeness (QED) is 0.796. The molecule has 2 rings (SSSR count). The minimum Gasteiger partial charge on any atom is -0.376 e. The number of nitrogens with one attached hydrogen (secondary N) is 1. The standard InChI is InChI=1S/C11H18F2N2O2/c1-15(6-8-3-2-4-17-8)10(16)9-5-11(12,13)7-14-9/h8-9,14H,2-7H2,1H3. The van der Waals surface area contributed by atoms with Crippen molar-refractivity contribution >= 4 is 5.91 Å². The Morgan fingerprint density at radius 1 is 1.59 bits per heavy atom. The van der Waals surface area contributed by atoms with Crippen LogP contribution in [0.2, 0.25) is 0 Å². The Hall–Kier alpha value is -0.750. The topological polar surface area (TPSA) is 41.6 Å². The number of carbonyl (C=O) groups excluding carboxylic acids is 1. The van der Waals surface area contributed by atoms with Crippen molar-refractivity contribution in [3.05, 3.63) is 0 Å². The van der Waals surface area contributed by atoms with Gasteiger partial charge in [-0.3, -0.25) is 10.1 Å². The summed E-state index contributed by atoms with van der Waals surface area (Å²) >= 11 is 0. The molecule has 0 bridgehead atoms. The minimum atomic E-state index is -2.76. The lowest BCUT2D eigenvalue weighted by molar-refractivity contribution is -0.133. The molecule has 2 aliphatic heterocycles. The second-order valence-corrected chi connectivity index (χ2v) is 4.85. The first-order valence-electron chi connectivity index (χ1n) is 5.96. The third kappa shape index (κ3) is 3.13. The molecule has 1 N–H and O–H groups in total. The number of hydrogen-bond donors (Lipinski definition) is 1. The van der Waals surface area contributed by atoms with Gasteiger partial charge < -0.3 is 9.64 Å². The molecule has 0 aromatic carbocycles. The van der Waals surface area contributed by atoms with Gasteiger partial charge in [0.1, 0.15) is 0 Å². The van der Waals surface area contributed by atoms with Crippen LogP contribution in [0.25, 0.3) is 0 Å². The van der Waals surface area contributed by atoms with Crippen LogP contribution in [0.1, 0.15) is 19.3 Å². The molecule has 2 unspecified atom stereocenters. The van der Waals surface area contributed by atoms with Crippen molar-refractivity contribution in [1.29, 1.82) is 0 Å². The van der Waals surface area contributed by atoms with Crippen LogP contribution >= 0.6 is 0 Å². The molecule has 98 valence electrons. The zero-order valence-electron chi connectivity index (χ0n) is 9.92. The Labute approximate surface area is 99.3 Å². The van der Waals surface area contributed by atoms with Gasteiger partial charge in [0, 0.05) is 26.6 Å². The number of hydrogen-bond acceptors (Lipinski definition) is 3. The summed E-state index contributed by atoms with van der Waals surface area (Å²) in [5.41, 5.74) is 0. The van der Waals surface area contributed by atoms with Crippen LogP contribution in [0.15, 0.2) is 0 Å². The molecule has 6 heteroatoms.